The molecule has 1 aromatic heterocycles. The lowest BCUT2D eigenvalue weighted by molar-refractivity contribution is -0.136. The minimum atomic E-state index is -0.749. The highest BCUT2D eigenvalue weighted by atomic mass is 19.1. The van der Waals surface area contributed by atoms with Gasteiger partial charge in [-0.25, -0.2) is 9.18 Å². The highest BCUT2D eigenvalue weighted by molar-refractivity contribution is 5.76. The van der Waals surface area contributed by atoms with Crippen LogP contribution in [0.4, 0.5) is 4.39 Å². The Kier molecular flexibility index (Phi) is 2.74. The summed E-state index contributed by atoms with van der Waals surface area (Å²) in [5.74, 6) is -1.70. The third kappa shape index (κ3) is 2.03. The molecule has 0 saturated carbocycles. The van der Waals surface area contributed by atoms with E-state index in [2.05, 4.69) is 9.97 Å². The van der Waals surface area contributed by atoms with Gasteiger partial charge in [-0.15, -0.1) is 0 Å². The summed E-state index contributed by atoms with van der Waals surface area (Å²) < 4.78 is 17.8. The van der Waals surface area contributed by atoms with Crippen molar-refractivity contribution in [2.24, 2.45) is 0 Å². The second kappa shape index (κ2) is 4.44. The maximum Gasteiger partial charge on any atom is 0.328 e. The molecule has 7 heteroatoms. The number of carbonyl (C=O) groups excluding carboxylic acids is 1. The zero-order chi connectivity index (χ0) is 14.3. The molecule has 2 heterocycles. The number of fused-ring (bicyclic) bond motifs is 1. The van der Waals surface area contributed by atoms with Crippen LogP contribution in [0.3, 0.4) is 0 Å². The van der Waals surface area contributed by atoms with Crippen LogP contribution in [0.25, 0.3) is 0 Å². The number of nitrogens with one attached hydrogen (secondary N) is 2. The van der Waals surface area contributed by atoms with E-state index in [-0.39, 0.29) is 17.9 Å². The molecule has 20 heavy (non-hydrogen) atoms. The van der Waals surface area contributed by atoms with Gasteiger partial charge in [-0.05, 0) is 17.7 Å². The molecule has 0 aliphatic carbocycles. The van der Waals surface area contributed by atoms with Crippen molar-refractivity contribution >= 4 is 5.97 Å². The molecule has 1 unspecified atom stereocenters. The molecule has 2 aromatic rings. The van der Waals surface area contributed by atoms with E-state index < -0.39 is 29.0 Å². The fourth-order valence-corrected chi connectivity index (χ4v) is 2.28. The number of H-pyrrole nitrogens is 2. The normalized spacial score (nSPS) is 17.4. The van der Waals surface area contributed by atoms with E-state index in [9.17, 15) is 18.8 Å². The molecule has 6 nitrogen and oxygen atoms in total. The SMILES string of the molecule is O=C1CC(c2ccc(F)cc2)c2c([nH]c(=O)[nH]c2=O)O1. The number of halogens is 1. The number of aromatic nitrogens is 2. The van der Waals surface area contributed by atoms with Crippen LogP contribution in [0.2, 0.25) is 0 Å². The van der Waals surface area contributed by atoms with E-state index in [0.717, 1.165) is 0 Å². The van der Waals surface area contributed by atoms with E-state index in [4.69, 9.17) is 4.74 Å². The zero-order valence-electron chi connectivity index (χ0n) is 10.1. The Bertz CT molecular complexity index is 791. The van der Waals surface area contributed by atoms with Crippen LogP contribution in [0.15, 0.2) is 33.9 Å². The topological polar surface area (TPSA) is 92.0 Å². The molecular formula is C13H9FN2O4. The molecule has 0 fully saturated rings. The molecule has 2 N–H and O–H groups in total. The first-order valence-corrected chi connectivity index (χ1v) is 5.87. The molecule has 0 saturated heterocycles. The van der Waals surface area contributed by atoms with E-state index >= 15 is 0 Å². The summed E-state index contributed by atoms with van der Waals surface area (Å²) in [4.78, 5) is 39.0. The van der Waals surface area contributed by atoms with Crippen LogP contribution in [0.1, 0.15) is 23.5 Å². The summed E-state index contributed by atoms with van der Waals surface area (Å²) in [7, 11) is 0. The minimum absolute atomic E-state index is 0.0479. The van der Waals surface area contributed by atoms with Crippen molar-refractivity contribution < 1.29 is 13.9 Å². The van der Waals surface area contributed by atoms with Gasteiger partial charge in [-0.3, -0.25) is 19.6 Å². The maximum absolute atomic E-state index is 13.0. The number of hydrogen-bond donors (Lipinski definition) is 2. The number of aromatic amines is 2. The molecule has 0 spiro atoms. The number of carbonyl (C=O) groups is 1. The predicted molar refractivity (Wildman–Crippen MR) is 66.2 cm³/mol. The second-order valence-electron chi connectivity index (χ2n) is 4.43. The standard InChI is InChI=1S/C13H9FN2O4/c14-7-3-1-6(2-4-7)8-5-9(17)20-12-10(8)11(18)15-13(19)16-12/h1-4,8H,5H2,(H2,15,16,18,19). The largest absolute Gasteiger partial charge is 0.409 e. The molecule has 1 atom stereocenters. The molecular weight excluding hydrogens is 267 g/mol. The Balaban J connectivity index is 2.19. The van der Waals surface area contributed by atoms with Crippen LogP contribution in [0, 0.1) is 5.82 Å². The van der Waals surface area contributed by atoms with Gasteiger partial charge < -0.3 is 4.74 Å². The molecule has 1 aromatic carbocycles. The van der Waals surface area contributed by atoms with Crippen molar-refractivity contribution in [2.45, 2.75) is 12.3 Å². The van der Waals surface area contributed by atoms with Crippen molar-refractivity contribution in [3.63, 3.8) is 0 Å². The molecule has 3 rings (SSSR count). The van der Waals surface area contributed by atoms with Crippen molar-refractivity contribution in [1.82, 2.24) is 9.97 Å². The first-order valence-electron chi connectivity index (χ1n) is 5.87. The molecule has 0 radical (unpaired) electrons. The third-order valence-electron chi connectivity index (χ3n) is 3.15. The summed E-state index contributed by atoms with van der Waals surface area (Å²) in [5.41, 5.74) is -0.607. The van der Waals surface area contributed by atoms with Gasteiger partial charge >= 0.3 is 11.7 Å². The molecule has 0 amide bonds. The average molecular weight is 276 g/mol. The Morgan fingerprint density at radius 1 is 1.10 bits per heavy atom. The van der Waals surface area contributed by atoms with Crippen molar-refractivity contribution in [1.29, 1.82) is 0 Å². The lowest BCUT2D eigenvalue weighted by atomic mass is 9.88. The molecule has 1 aliphatic heterocycles. The van der Waals surface area contributed by atoms with Gasteiger partial charge in [0.15, 0.2) is 0 Å². The first-order chi connectivity index (χ1) is 9.54. The van der Waals surface area contributed by atoms with E-state index in [0.29, 0.717) is 5.56 Å². The van der Waals surface area contributed by atoms with Gasteiger partial charge in [0, 0.05) is 5.92 Å². The molecule has 102 valence electrons. The monoisotopic (exact) mass is 276 g/mol. The summed E-state index contributed by atoms with van der Waals surface area (Å²) in [6.07, 6.45) is -0.0479. The number of benzene rings is 1. The second-order valence-corrected chi connectivity index (χ2v) is 4.43. The van der Waals surface area contributed by atoms with Crippen LogP contribution in [0.5, 0.6) is 5.88 Å². The zero-order valence-corrected chi connectivity index (χ0v) is 10.1. The number of esters is 1. The van der Waals surface area contributed by atoms with Crippen LogP contribution >= 0.6 is 0 Å². The highest BCUT2D eigenvalue weighted by Crippen LogP contribution is 2.34. The van der Waals surface area contributed by atoms with Crippen LogP contribution in [-0.2, 0) is 4.79 Å². The van der Waals surface area contributed by atoms with Crippen molar-refractivity contribution in [3.8, 4) is 5.88 Å². The quantitative estimate of drug-likeness (QED) is 0.748. The lowest BCUT2D eigenvalue weighted by Crippen LogP contribution is -2.33. The lowest BCUT2D eigenvalue weighted by Gasteiger charge is -2.22. The van der Waals surface area contributed by atoms with Gasteiger partial charge in [0.1, 0.15) is 5.82 Å². The van der Waals surface area contributed by atoms with Gasteiger partial charge in [0.25, 0.3) is 5.56 Å². The first kappa shape index (κ1) is 12.3. The Morgan fingerprint density at radius 2 is 1.80 bits per heavy atom. The van der Waals surface area contributed by atoms with E-state index in [1.54, 1.807) is 0 Å². The third-order valence-corrected chi connectivity index (χ3v) is 3.15. The fraction of sp³-hybridized carbons (Fsp3) is 0.154. The summed E-state index contributed by atoms with van der Waals surface area (Å²) >= 11 is 0. The number of hydrogen-bond acceptors (Lipinski definition) is 4. The van der Waals surface area contributed by atoms with E-state index in [1.807, 2.05) is 0 Å². The number of rotatable bonds is 1. The smallest absolute Gasteiger partial charge is 0.328 e. The Morgan fingerprint density at radius 3 is 2.50 bits per heavy atom. The van der Waals surface area contributed by atoms with Gasteiger partial charge in [0.2, 0.25) is 5.88 Å². The predicted octanol–water partition coefficient (Wildman–Crippen LogP) is 0.643. The van der Waals surface area contributed by atoms with Crippen molar-refractivity contribution in [2.75, 3.05) is 0 Å². The van der Waals surface area contributed by atoms with Crippen molar-refractivity contribution in [3.05, 3.63) is 62.0 Å². The maximum atomic E-state index is 13.0. The Labute approximate surface area is 111 Å². The van der Waals surface area contributed by atoms with Gasteiger partial charge in [0.05, 0.1) is 12.0 Å². The summed E-state index contributed by atoms with van der Waals surface area (Å²) in [5, 5.41) is 0. The summed E-state index contributed by atoms with van der Waals surface area (Å²) in [6, 6.07) is 5.48. The van der Waals surface area contributed by atoms with Gasteiger partial charge in [-0.2, -0.15) is 0 Å². The minimum Gasteiger partial charge on any atom is -0.409 e. The van der Waals surface area contributed by atoms with E-state index in [1.165, 1.54) is 24.3 Å². The van der Waals surface area contributed by atoms with Crippen LogP contribution in [-0.4, -0.2) is 15.9 Å². The van der Waals surface area contributed by atoms with Crippen LogP contribution < -0.4 is 16.0 Å². The Hall–Kier alpha value is -2.70. The molecule has 1 aliphatic rings. The fourth-order valence-electron chi connectivity index (χ4n) is 2.28. The molecule has 0 bridgehead atoms. The van der Waals surface area contributed by atoms with Gasteiger partial charge in [-0.1, -0.05) is 12.1 Å². The number of ether oxygens (including phenoxy) is 1. The summed E-state index contributed by atoms with van der Waals surface area (Å²) in [6.45, 7) is 0. The highest BCUT2D eigenvalue weighted by Gasteiger charge is 2.32. The average Bonchev–Trinajstić information content (AvgIpc) is 2.37.